The Morgan fingerprint density at radius 1 is 1.00 bits per heavy atom. The molecular weight excluding hydrogens is 308 g/mol. The van der Waals surface area contributed by atoms with Gasteiger partial charge in [0.15, 0.2) is 0 Å². The number of amides is 1. The molecule has 3 nitrogen and oxygen atoms in total. The van der Waals surface area contributed by atoms with E-state index < -0.39 is 0 Å². The summed E-state index contributed by atoms with van der Waals surface area (Å²) in [6.45, 7) is 1.80. The molecule has 1 atom stereocenters. The molecule has 122 valence electrons. The van der Waals surface area contributed by atoms with Gasteiger partial charge in [-0.15, -0.1) is 12.4 Å². The van der Waals surface area contributed by atoms with Gasteiger partial charge in [-0.1, -0.05) is 60.7 Å². The first-order valence-electron chi connectivity index (χ1n) is 7.95. The van der Waals surface area contributed by atoms with Crippen LogP contribution in [0.2, 0.25) is 0 Å². The van der Waals surface area contributed by atoms with Crippen LogP contribution in [0.4, 0.5) is 0 Å². The lowest BCUT2D eigenvalue weighted by Gasteiger charge is -2.26. The van der Waals surface area contributed by atoms with Gasteiger partial charge in [0.2, 0.25) is 5.91 Å². The summed E-state index contributed by atoms with van der Waals surface area (Å²) in [7, 11) is 0. The second kappa shape index (κ2) is 8.70. The molecule has 0 unspecified atom stereocenters. The van der Waals surface area contributed by atoms with Crippen LogP contribution in [0, 0.1) is 5.92 Å². The van der Waals surface area contributed by atoms with Crippen LogP contribution in [0.25, 0.3) is 0 Å². The molecule has 0 bridgehead atoms. The third-order valence-corrected chi connectivity index (χ3v) is 4.22. The highest BCUT2D eigenvalue weighted by Crippen LogP contribution is 2.23. The van der Waals surface area contributed by atoms with Gasteiger partial charge in [0.25, 0.3) is 0 Å². The van der Waals surface area contributed by atoms with Gasteiger partial charge in [0, 0.05) is 6.54 Å². The monoisotopic (exact) mass is 330 g/mol. The summed E-state index contributed by atoms with van der Waals surface area (Å²) in [5, 5.41) is 6.55. The molecule has 1 aliphatic heterocycles. The Hall–Kier alpha value is -1.84. The van der Waals surface area contributed by atoms with E-state index in [4.69, 9.17) is 0 Å². The normalized spacial score (nSPS) is 17.3. The number of benzene rings is 2. The Morgan fingerprint density at radius 2 is 1.57 bits per heavy atom. The van der Waals surface area contributed by atoms with E-state index in [1.54, 1.807) is 0 Å². The highest BCUT2D eigenvalue weighted by molar-refractivity contribution is 5.85. The molecule has 1 saturated heterocycles. The van der Waals surface area contributed by atoms with Crippen LogP contribution in [0.15, 0.2) is 60.7 Å². The smallest absolute Gasteiger partial charge is 0.225 e. The number of carbonyl (C=O) groups is 1. The molecule has 0 radical (unpaired) electrons. The standard InChI is InChI=1S/C19H22N2O.ClH/c22-19(17-12-7-13-20-14-17)21-18(15-8-3-1-4-9-15)16-10-5-2-6-11-16;/h1-6,8-11,17-18,20H,7,12-14H2,(H,21,22);1H/t17-;/m1./s1. The lowest BCUT2D eigenvalue weighted by molar-refractivity contribution is -0.126. The van der Waals surface area contributed by atoms with E-state index in [2.05, 4.69) is 34.9 Å². The predicted molar refractivity (Wildman–Crippen MR) is 95.7 cm³/mol. The van der Waals surface area contributed by atoms with Crippen molar-refractivity contribution in [2.45, 2.75) is 18.9 Å². The van der Waals surface area contributed by atoms with Crippen molar-refractivity contribution < 1.29 is 4.79 Å². The summed E-state index contributed by atoms with van der Waals surface area (Å²) in [6, 6.07) is 20.2. The van der Waals surface area contributed by atoms with Gasteiger partial charge < -0.3 is 10.6 Å². The average Bonchev–Trinajstić information content (AvgIpc) is 2.62. The van der Waals surface area contributed by atoms with Crippen molar-refractivity contribution in [3.8, 4) is 0 Å². The van der Waals surface area contributed by atoms with E-state index in [-0.39, 0.29) is 30.3 Å². The second-order valence-electron chi connectivity index (χ2n) is 5.81. The van der Waals surface area contributed by atoms with Crippen molar-refractivity contribution in [2.75, 3.05) is 13.1 Å². The topological polar surface area (TPSA) is 41.1 Å². The van der Waals surface area contributed by atoms with Gasteiger partial charge in [0.1, 0.15) is 0 Å². The first-order valence-corrected chi connectivity index (χ1v) is 7.95. The summed E-state index contributed by atoms with van der Waals surface area (Å²) in [5.41, 5.74) is 2.23. The summed E-state index contributed by atoms with van der Waals surface area (Å²) < 4.78 is 0. The van der Waals surface area contributed by atoms with Crippen LogP contribution < -0.4 is 10.6 Å². The van der Waals surface area contributed by atoms with Gasteiger partial charge in [0.05, 0.1) is 12.0 Å². The van der Waals surface area contributed by atoms with Crippen molar-refractivity contribution in [1.29, 1.82) is 0 Å². The summed E-state index contributed by atoms with van der Waals surface area (Å²) >= 11 is 0. The third kappa shape index (κ3) is 4.57. The summed E-state index contributed by atoms with van der Waals surface area (Å²) in [6.07, 6.45) is 2.04. The Bertz CT molecular complexity index is 558. The Kier molecular flexibility index (Phi) is 6.63. The van der Waals surface area contributed by atoms with Gasteiger partial charge >= 0.3 is 0 Å². The Balaban J connectivity index is 0.00000192. The maximum atomic E-state index is 12.6. The molecule has 4 heteroatoms. The quantitative estimate of drug-likeness (QED) is 0.903. The van der Waals surface area contributed by atoms with E-state index in [1.807, 2.05) is 36.4 Å². The fourth-order valence-corrected chi connectivity index (χ4v) is 2.99. The third-order valence-electron chi connectivity index (χ3n) is 4.22. The molecular formula is C19H23ClN2O. The molecule has 2 aromatic rings. The fourth-order valence-electron chi connectivity index (χ4n) is 2.99. The molecule has 0 aromatic heterocycles. The lowest BCUT2D eigenvalue weighted by Crippen LogP contribution is -2.42. The molecule has 2 N–H and O–H groups in total. The minimum atomic E-state index is -0.0863. The van der Waals surface area contributed by atoms with Gasteiger partial charge in [-0.3, -0.25) is 4.79 Å². The van der Waals surface area contributed by atoms with Crippen molar-refractivity contribution in [1.82, 2.24) is 10.6 Å². The van der Waals surface area contributed by atoms with Crippen LogP contribution in [0.5, 0.6) is 0 Å². The molecule has 23 heavy (non-hydrogen) atoms. The number of hydrogen-bond acceptors (Lipinski definition) is 2. The number of hydrogen-bond donors (Lipinski definition) is 2. The largest absolute Gasteiger partial charge is 0.345 e. The first-order chi connectivity index (χ1) is 10.8. The number of carbonyl (C=O) groups excluding carboxylic acids is 1. The number of piperidine rings is 1. The minimum absolute atomic E-state index is 0. The van der Waals surface area contributed by atoms with Crippen molar-refractivity contribution in [3.05, 3.63) is 71.8 Å². The van der Waals surface area contributed by atoms with E-state index in [0.29, 0.717) is 0 Å². The van der Waals surface area contributed by atoms with E-state index in [9.17, 15) is 4.79 Å². The maximum absolute atomic E-state index is 12.6. The molecule has 2 aromatic carbocycles. The van der Waals surface area contributed by atoms with Gasteiger partial charge in [-0.25, -0.2) is 0 Å². The van der Waals surface area contributed by atoms with E-state index in [1.165, 1.54) is 0 Å². The van der Waals surface area contributed by atoms with Crippen LogP contribution in [0.3, 0.4) is 0 Å². The van der Waals surface area contributed by atoms with Gasteiger partial charge in [-0.2, -0.15) is 0 Å². The molecule has 1 aliphatic rings. The second-order valence-corrected chi connectivity index (χ2v) is 5.81. The molecule has 0 aliphatic carbocycles. The molecule has 0 spiro atoms. The lowest BCUT2D eigenvalue weighted by atomic mass is 9.95. The number of nitrogens with one attached hydrogen (secondary N) is 2. The fraction of sp³-hybridized carbons (Fsp3) is 0.316. The van der Waals surface area contributed by atoms with Crippen LogP contribution in [-0.2, 0) is 4.79 Å². The van der Waals surface area contributed by atoms with Crippen molar-refractivity contribution in [3.63, 3.8) is 0 Å². The van der Waals surface area contributed by atoms with Crippen molar-refractivity contribution in [2.24, 2.45) is 5.92 Å². The summed E-state index contributed by atoms with van der Waals surface area (Å²) in [5.74, 6) is 0.216. The highest BCUT2D eigenvalue weighted by atomic mass is 35.5. The Labute approximate surface area is 143 Å². The molecule has 1 amide bonds. The van der Waals surface area contributed by atoms with Gasteiger partial charge in [-0.05, 0) is 30.5 Å². The zero-order chi connectivity index (χ0) is 15.2. The SMILES string of the molecule is Cl.O=C(NC(c1ccccc1)c1ccccc1)[C@@H]1CCCNC1. The van der Waals surface area contributed by atoms with Crippen LogP contribution >= 0.6 is 12.4 Å². The van der Waals surface area contributed by atoms with Crippen molar-refractivity contribution >= 4 is 18.3 Å². The average molecular weight is 331 g/mol. The zero-order valence-corrected chi connectivity index (χ0v) is 13.9. The maximum Gasteiger partial charge on any atom is 0.225 e. The Morgan fingerprint density at radius 3 is 2.04 bits per heavy atom. The zero-order valence-electron chi connectivity index (χ0n) is 13.1. The molecule has 0 saturated carbocycles. The highest BCUT2D eigenvalue weighted by Gasteiger charge is 2.24. The number of rotatable bonds is 4. The van der Waals surface area contributed by atoms with E-state index in [0.717, 1.165) is 37.1 Å². The van der Waals surface area contributed by atoms with Crippen LogP contribution in [-0.4, -0.2) is 19.0 Å². The number of halogens is 1. The van der Waals surface area contributed by atoms with E-state index >= 15 is 0 Å². The van der Waals surface area contributed by atoms with Crippen LogP contribution in [0.1, 0.15) is 30.0 Å². The molecule has 1 fully saturated rings. The molecule has 1 heterocycles. The summed E-state index contributed by atoms with van der Waals surface area (Å²) in [4.78, 5) is 12.6. The minimum Gasteiger partial charge on any atom is -0.345 e. The first kappa shape index (κ1) is 17.5. The predicted octanol–water partition coefficient (Wildman–Crippen LogP) is 3.31. The molecule has 3 rings (SSSR count).